The first kappa shape index (κ1) is 15.9. The van der Waals surface area contributed by atoms with Crippen LogP contribution in [-0.2, 0) is 10.8 Å². The van der Waals surface area contributed by atoms with Crippen molar-refractivity contribution in [1.29, 1.82) is 0 Å². The van der Waals surface area contributed by atoms with Crippen molar-refractivity contribution in [1.82, 2.24) is 10.2 Å². The summed E-state index contributed by atoms with van der Waals surface area (Å²) in [6, 6.07) is 0.250. The zero-order valence-electron chi connectivity index (χ0n) is 10.8. The molecule has 3 nitrogen and oxygen atoms in total. The number of piperidine rings is 1. The summed E-state index contributed by atoms with van der Waals surface area (Å²) in [6.07, 6.45) is -0.996. The molecule has 1 aliphatic rings. The topological polar surface area (TPSA) is 32.3 Å². The van der Waals surface area contributed by atoms with E-state index in [1.54, 1.807) is 6.26 Å². The standard InChI is InChI=1S/C11H21F3N2OS/c1-9(18(2)17)7-15-10-3-5-16(6-4-10)8-11(12,13)14/h9-10,15H,3-8H2,1-2H3. The third-order valence-corrected chi connectivity index (χ3v) is 4.55. The second-order valence-electron chi connectivity index (χ2n) is 4.88. The third kappa shape index (κ3) is 6.15. The lowest BCUT2D eigenvalue weighted by Crippen LogP contribution is -2.47. The van der Waals surface area contributed by atoms with Crippen molar-refractivity contribution in [3.63, 3.8) is 0 Å². The summed E-state index contributed by atoms with van der Waals surface area (Å²) in [5.41, 5.74) is 0. The van der Waals surface area contributed by atoms with Gasteiger partial charge in [0.15, 0.2) is 0 Å². The molecule has 0 bridgehead atoms. The van der Waals surface area contributed by atoms with Crippen LogP contribution in [0.3, 0.4) is 0 Å². The Labute approximate surface area is 109 Å². The first-order valence-electron chi connectivity index (χ1n) is 6.12. The Morgan fingerprint density at radius 1 is 1.39 bits per heavy atom. The Balaban J connectivity index is 2.21. The van der Waals surface area contributed by atoms with E-state index in [1.807, 2.05) is 6.92 Å². The lowest BCUT2D eigenvalue weighted by atomic mass is 10.1. The van der Waals surface area contributed by atoms with Crippen LogP contribution in [0.2, 0.25) is 0 Å². The molecule has 1 aliphatic heterocycles. The van der Waals surface area contributed by atoms with E-state index >= 15 is 0 Å². The minimum atomic E-state index is -4.10. The molecule has 7 heteroatoms. The molecule has 0 aromatic rings. The molecule has 108 valence electrons. The smallest absolute Gasteiger partial charge is 0.313 e. The number of likely N-dealkylation sites (tertiary alicyclic amines) is 1. The summed E-state index contributed by atoms with van der Waals surface area (Å²) in [5.74, 6) is 0. The molecule has 0 spiro atoms. The maximum absolute atomic E-state index is 12.2. The van der Waals surface area contributed by atoms with Crippen LogP contribution in [0.25, 0.3) is 0 Å². The van der Waals surface area contributed by atoms with Crippen molar-refractivity contribution in [3.05, 3.63) is 0 Å². The Bertz CT molecular complexity index is 278. The van der Waals surface area contributed by atoms with E-state index in [4.69, 9.17) is 0 Å². The Hall–Kier alpha value is -0.140. The quantitative estimate of drug-likeness (QED) is 0.828. The number of hydrogen-bond donors (Lipinski definition) is 1. The van der Waals surface area contributed by atoms with Gasteiger partial charge in [-0.25, -0.2) is 0 Å². The van der Waals surface area contributed by atoms with Gasteiger partial charge in [-0.3, -0.25) is 9.11 Å². The van der Waals surface area contributed by atoms with Gasteiger partial charge < -0.3 is 5.32 Å². The predicted molar refractivity (Wildman–Crippen MR) is 67.0 cm³/mol. The zero-order valence-corrected chi connectivity index (χ0v) is 11.6. The molecule has 18 heavy (non-hydrogen) atoms. The molecule has 0 aliphatic carbocycles. The van der Waals surface area contributed by atoms with E-state index in [0.29, 0.717) is 19.6 Å². The fourth-order valence-electron chi connectivity index (χ4n) is 2.00. The van der Waals surface area contributed by atoms with Gasteiger partial charge in [-0.15, -0.1) is 0 Å². The first-order valence-corrected chi connectivity index (χ1v) is 7.75. The molecule has 0 aromatic carbocycles. The number of halogens is 3. The molecule has 2 unspecified atom stereocenters. The monoisotopic (exact) mass is 286 g/mol. The zero-order chi connectivity index (χ0) is 13.8. The Morgan fingerprint density at radius 3 is 2.39 bits per heavy atom. The lowest BCUT2D eigenvalue weighted by Gasteiger charge is -2.33. The van der Waals surface area contributed by atoms with Crippen LogP contribution >= 0.6 is 0 Å². The van der Waals surface area contributed by atoms with Gasteiger partial charge in [0.2, 0.25) is 0 Å². The van der Waals surface area contributed by atoms with E-state index in [9.17, 15) is 17.4 Å². The number of hydrogen-bond acceptors (Lipinski definition) is 3. The van der Waals surface area contributed by atoms with E-state index in [2.05, 4.69) is 5.32 Å². The Morgan fingerprint density at radius 2 is 1.94 bits per heavy atom. The lowest BCUT2D eigenvalue weighted by molar-refractivity contribution is -0.148. The van der Waals surface area contributed by atoms with Crippen LogP contribution in [0, 0.1) is 0 Å². The molecular formula is C11H21F3N2OS. The van der Waals surface area contributed by atoms with E-state index in [-0.39, 0.29) is 11.3 Å². The largest absolute Gasteiger partial charge is 0.401 e. The van der Waals surface area contributed by atoms with Crippen molar-refractivity contribution >= 4 is 10.8 Å². The van der Waals surface area contributed by atoms with E-state index in [1.165, 1.54) is 4.90 Å². The van der Waals surface area contributed by atoms with E-state index in [0.717, 1.165) is 12.8 Å². The highest BCUT2D eigenvalue weighted by Crippen LogP contribution is 2.19. The first-order chi connectivity index (χ1) is 8.28. The molecule has 1 fully saturated rings. The molecule has 2 atom stereocenters. The highest BCUT2D eigenvalue weighted by Gasteiger charge is 2.32. The van der Waals surface area contributed by atoms with Crippen molar-refractivity contribution in [2.24, 2.45) is 0 Å². The van der Waals surface area contributed by atoms with Gasteiger partial charge in [0.1, 0.15) is 0 Å². The fraction of sp³-hybridized carbons (Fsp3) is 1.00. The number of nitrogens with zero attached hydrogens (tertiary/aromatic N) is 1. The molecule has 0 amide bonds. The minimum absolute atomic E-state index is 0.0817. The maximum atomic E-state index is 12.2. The van der Waals surface area contributed by atoms with Crippen LogP contribution in [0.5, 0.6) is 0 Å². The molecule has 1 heterocycles. The third-order valence-electron chi connectivity index (χ3n) is 3.25. The highest BCUT2D eigenvalue weighted by atomic mass is 32.2. The minimum Gasteiger partial charge on any atom is -0.313 e. The SMILES string of the molecule is CC(CNC1CCN(CC(F)(F)F)CC1)S(C)=O. The van der Waals surface area contributed by atoms with E-state index < -0.39 is 23.5 Å². The van der Waals surface area contributed by atoms with Crippen molar-refractivity contribution in [2.45, 2.75) is 37.2 Å². The van der Waals surface area contributed by atoms with Gasteiger partial charge in [-0.1, -0.05) is 0 Å². The molecule has 1 rings (SSSR count). The molecule has 0 aromatic heterocycles. The van der Waals surface area contributed by atoms with Gasteiger partial charge in [0.05, 0.1) is 6.54 Å². The number of alkyl halides is 3. The summed E-state index contributed by atoms with van der Waals surface area (Å²) in [6.45, 7) is 2.70. The average Bonchev–Trinajstić information content (AvgIpc) is 2.25. The van der Waals surface area contributed by atoms with Gasteiger partial charge in [0.25, 0.3) is 0 Å². The van der Waals surface area contributed by atoms with Crippen molar-refractivity contribution in [2.75, 3.05) is 32.4 Å². The maximum Gasteiger partial charge on any atom is 0.401 e. The highest BCUT2D eigenvalue weighted by molar-refractivity contribution is 7.84. The fourth-order valence-corrected chi connectivity index (χ4v) is 2.33. The molecular weight excluding hydrogens is 265 g/mol. The van der Waals surface area contributed by atoms with Gasteiger partial charge in [0, 0.05) is 34.9 Å². The van der Waals surface area contributed by atoms with Crippen LogP contribution < -0.4 is 5.32 Å². The summed E-state index contributed by atoms with van der Waals surface area (Å²) in [7, 11) is -0.857. The van der Waals surface area contributed by atoms with Crippen LogP contribution in [0.1, 0.15) is 19.8 Å². The summed E-state index contributed by atoms with van der Waals surface area (Å²) < 4.78 is 47.7. The normalized spacial score (nSPS) is 22.9. The number of nitrogens with one attached hydrogen (secondary N) is 1. The summed E-state index contributed by atoms with van der Waals surface area (Å²) in [5, 5.41) is 3.37. The van der Waals surface area contributed by atoms with Crippen LogP contribution in [0.4, 0.5) is 13.2 Å². The molecule has 1 N–H and O–H groups in total. The van der Waals surface area contributed by atoms with Gasteiger partial charge >= 0.3 is 6.18 Å². The van der Waals surface area contributed by atoms with Crippen molar-refractivity contribution in [3.8, 4) is 0 Å². The van der Waals surface area contributed by atoms with Gasteiger partial charge in [-0.2, -0.15) is 13.2 Å². The molecule has 0 radical (unpaired) electrons. The Kier molecular flexibility index (Phi) is 6.07. The van der Waals surface area contributed by atoms with Crippen molar-refractivity contribution < 1.29 is 17.4 Å². The number of rotatable bonds is 5. The van der Waals surface area contributed by atoms with Gasteiger partial charge in [-0.05, 0) is 32.9 Å². The predicted octanol–water partition coefficient (Wildman–Crippen LogP) is 1.37. The summed E-state index contributed by atoms with van der Waals surface area (Å²) >= 11 is 0. The second-order valence-corrected chi connectivity index (χ2v) is 6.68. The van der Waals surface area contributed by atoms with Crippen LogP contribution in [-0.4, -0.2) is 59.0 Å². The molecule has 0 saturated carbocycles. The van der Waals surface area contributed by atoms with Crippen LogP contribution in [0.15, 0.2) is 0 Å². The average molecular weight is 286 g/mol. The molecule has 1 saturated heterocycles. The second kappa shape index (κ2) is 6.86. The summed E-state index contributed by atoms with van der Waals surface area (Å²) in [4.78, 5) is 1.44.